The highest BCUT2D eigenvalue weighted by atomic mass is 16.6. The van der Waals surface area contributed by atoms with Gasteiger partial charge in [-0.25, -0.2) is 14.4 Å². The van der Waals surface area contributed by atoms with Crippen molar-refractivity contribution in [3.63, 3.8) is 0 Å². The van der Waals surface area contributed by atoms with Gasteiger partial charge >= 0.3 is 17.9 Å². The molecule has 0 rings (SSSR count). The Labute approximate surface area is 148 Å². The van der Waals surface area contributed by atoms with Gasteiger partial charge in [-0.05, 0) is 34.6 Å². The van der Waals surface area contributed by atoms with Gasteiger partial charge in [0.15, 0.2) is 12.6 Å². The number of allylic oxidation sites excluding steroid dienone is 1. The van der Waals surface area contributed by atoms with E-state index in [1.165, 1.54) is 27.9 Å². The number of rotatable bonds is 5. The number of methoxy groups -OCH3 is 1. The van der Waals surface area contributed by atoms with Crippen LogP contribution >= 0.6 is 0 Å². The predicted octanol–water partition coefficient (Wildman–Crippen LogP) is 1.62. The molecule has 0 spiro atoms. The first kappa shape index (κ1) is 27.4. The van der Waals surface area contributed by atoms with Crippen molar-refractivity contribution in [2.45, 2.75) is 47.2 Å². The van der Waals surface area contributed by atoms with Crippen LogP contribution in [0.5, 0.6) is 0 Å². The summed E-state index contributed by atoms with van der Waals surface area (Å²) >= 11 is 0. The molecule has 144 valence electrons. The zero-order valence-electron chi connectivity index (χ0n) is 15.6. The summed E-state index contributed by atoms with van der Waals surface area (Å²) in [5.74, 6) is -1.43. The van der Waals surface area contributed by atoms with E-state index < -0.39 is 24.5 Å². The number of hydrogen-bond donors (Lipinski definition) is 2. The van der Waals surface area contributed by atoms with Crippen molar-refractivity contribution in [1.29, 1.82) is 0 Å². The molecule has 0 aromatic carbocycles. The van der Waals surface area contributed by atoms with Crippen molar-refractivity contribution in [2.75, 3.05) is 7.11 Å². The largest absolute Gasteiger partial charge is 0.466 e. The zero-order chi connectivity index (χ0) is 20.6. The van der Waals surface area contributed by atoms with Crippen molar-refractivity contribution >= 4 is 17.9 Å². The summed E-state index contributed by atoms with van der Waals surface area (Å²) in [5.41, 5.74) is 0.934. The molecular formula is C17H28O8. The third kappa shape index (κ3) is 21.6. The lowest BCUT2D eigenvalue weighted by atomic mass is 10.3. The molecule has 8 heteroatoms. The van der Waals surface area contributed by atoms with Gasteiger partial charge in [-0.15, -0.1) is 0 Å². The number of aliphatic hydroxyl groups excluding tert-OH is 2. The maximum absolute atomic E-state index is 10.5. The second kappa shape index (κ2) is 16.4. The van der Waals surface area contributed by atoms with Crippen molar-refractivity contribution in [3.8, 4) is 0 Å². The minimum absolute atomic E-state index is 0.257. The van der Waals surface area contributed by atoms with E-state index in [-0.39, 0.29) is 11.5 Å². The highest BCUT2D eigenvalue weighted by molar-refractivity contribution is 5.87. The summed E-state index contributed by atoms with van der Waals surface area (Å²) in [6, 6.07) is 0. The van der Waals surface area contributed by atoms with Crippen LogP contribution in [-0.2, 0) is 28.6 Å². The van der Waals surface area contributed by atoms with E-state index in [0.717, 1.165) is 6.08 Å². The Hall–Kier alpha value is -2.45. The first-order valence-corrected chi connectivity index (χ1v) is 7.19. The lowest BCUT2D eigenvalue weighted by Gasteiger charge is -2.04. The van der Waals surface area contributed by atoms with Crippen LogP contribution in [0.25, 0.3) is 0 Å². The van der Waals surface area contributed by atoms with Gasteiger partial charge in [0.1, 0.15) is 0 Å². The number of aliphatic hydroxyl groups is 2. The molecule has 0 saturated heterocycles. The van der Waals surface area contributed by atoms with Crippen molar-refractivity contribution in [2.24, 2.45) is 0 Å². The maximum atomic E-state index is 10.5. The third-order valence-electron chi connectivity index (χ3n) is 2.02. The van der Waals surface area contributed by atoms with E-state index in [1.807, 2.05) is 0 Å². The SMILES string of the molecule is C/C=C(\C)C(=O)OC.C=C(C)C(=O)OC(C)O.C=CC(=O)OC(C)O. The molecule has 25 heavy (non-hydrogen) atoms. The standard InChI is InChI=1S/C6H10O3.C6H10O2.C5H8O3/c1-4(2)6(8)9-5(3)7;1-4-5(2)6(7)8-3;1-3-5(7)8-4(2)6/h5,7H,1H2,2-3H3;4H,1-3H3;3-4,6H,1H2,2H3/b;5-4+;. The summed E-state index contributed by atoms with van der Waals surface area (Å²) in [4.78, 5) is 31.0. The molecule has 2 unspecified atom stereocenters. The minimum atomic E-state index is -1.05. The molecule has 0 aliphatic carbocycles. The van der Waals surface area contributed by atoms with Crippen molar-refractivity contribution in [1.82, 2.24) is 0 Å². The van der Waals surface area contributed by atoms with Gasteiger partial charge in [0.25, 0.3) is 0 Å². The number of carbonyl (C=O) groups excluding carboxylic acids is 3. The van der Waals surface area contributed by atoms with E-state index in [4.69, 9.17) is 10.2 Å². The Morgan fingerprint density at radius 2 is 1.44 bits per heavy atom. The highest BCUT2D eigenvalue weighted by Gasteiger charge is 2.04. The van der Waals surface area contributed by atoms with Crippen LogP contribution in [0, 0.1) is 0 Å². The lowest BCUT2D eigenvalue weighted by molar-refractivity contribution is -0.160. The molecule has 0 aromatic rings. The monoisotopic (exact) mass is 360 g/mol. The molecule has 2 N–H and O–H groups in total. The molecule has 2 atom stereocenters. The van der Waals surface area contributed by atoms with Crippen LogP contribution in [0.3, 0.4) is 0 Å². The van der Waals surface area contributed by atoms with E-state index in [9.17, 15) is 14.4 Å². The van der Waals surface area contributed by atoms with Crippen molar-refractivity contribution < 1.29 is 38.8 Å². The lowest BCUT2D eigenvalue weighted by Crippen LogP contribution is -2.13. The molecule has 0 bridgehead atoms. The Morgan fingerprint density at radius 3 is 1.56 bits per heavy atom. The summed E-state index contributed by atoms with van der Waals surface area (Å²) in [7, 11) is 1.37. The van der Waals surface area contributed by atoms with Crippen LogP contribution in [0.4, 0.5) is 0 Å². The third-order valence-corrected chi connectivity index (χ3v) is 2.02. The minimum Gasteiger partial charge on any atom is -0.466 e. The number of esters is 3. The first-order chi connectivity index (χ1) is 11.4. The smallest absolute Gasteiger partial charge is 0.335 e. The van der Waals surface area contributed by atoms with Gasteiger partial charge in [0, 0.05) is 17.2 Å². The predicted molar refractivity (Wildman–Crippen MR) is 92.0 cm³/mol. The second-order valence-electron chi connectivity index (χ2n) is 4.49. The topological polar surface area (TPSA) is 119 Å². The average molecular weight is 360 g/mol. The Kier molecular flexibility index (Phi) is 18.0. The number of ether oxygens (including phenoxy) is 3. The summed E-state index contributed by atoms with van der Waals surface area (Å²) in [6.45, 7) is 14.2. The number of carbonyl (C=O) groups is 3. The van der Waals surface area contributed by atoms with Crippen molar-refractivity contribution in [3.05, 3.63) is 36.5 Å². The fourth-order valence-corrected chi connectivity index (χ4v) is 0.751. The molecule has 0 saturated carbocycles. The van der Waals surface area contributed by atoms with E-state index in [2.05, 4.69) is 27.4 Å². The summed E-state index contributed by atoms with van der Waals surface area (Å²) in [6.07, 6.45) is 0.619. The fraction of sp³-hybridized carbons (Fsp3) is 0.471. The summed E-state index contributed by atoms with van der Waals surface area (Å²) < 4.78 is 12.9. The Morgan fingerprint density at radius 1 is 1.00 bits per heavy atom. The van der Waals surface area contributed by atoms with Crippen LogP contribution in [0.15, 0.2) is 36.5 Å². The van der Waals surface area contributed by atoms with Gasteiger partial charge in [-0.1, -0.05) is 19.2 Å². The Balaban J connectivity index is -0.000000291. The molecule has 0 fully saturated rings. The van der Waals surface area contributed by atoms with Gasteiger partial charge in [0.05, 0.1) is 7.11 Å². The molecule has 8 nitrogen and oxygen atoms in total. The van der Waals surface area contributed by atoms with Gasteiger partial charge in [-0.2, -0.15) is 0 Å². The molecule has 0 aliphatic heterocycles. The van der Waals surface area contributed by atoms with Crippen LogP contribution in [-0.4, -0.2) is 47.8 Å². The molecular weight excluding hydrogens is 332 g/mol. The average Bonchev–Trinajstić information content (AvgIpc) is 2.53. The molecule has 0 heterocycles. The first-order valence-electron chi connectivity index (χ1n) is 7.19. The van der Waals surface area contributed by atoms with E-state index in [0.29, 0.717) is 5.57 Å². The van der Waals surface area contributed by atoms with Gasteiger partial charge in [0.2, 0.25) is 0 Å². The molecule has 0 aromatic heterocycles. The normalized spacial score (nSPS) is 11.9. The Bertz CT molecular complexity index is 475. The maximum Gasteiger partial charge on any atom is 0.335 e. The van der Waals surface area contributed by atoms with E-state index in [1.54, 1.807) is 19.9 Å². The zero-order valence-corrected chi connectivity index (χ0v) is 15.6. The van der Waals surface area contributed by atoms with Crippen LogP contribution < -0.4 is 0 Å². The van der Waals surface area contributed by atoms with Gasteiger partial charge < -0.3 is 24.4 Å². The number of hydrogen-bond acceptors (Lipinski definition) is 8. The van der Waals surface area contributed by atoms with Gasteiger partial charge in [-0.3, -0.25) is 0 Å². The molecule has 0 radical (unpaired) electrons. The molecule has 0 amide bonds. The second-order valence-corrected chi connectivity index (χ2v) is 4.49. The quantitative estimate of drug-likeness (QED) is 0.328. The highest BCUT2D eigenvalue weighted by Crippen LogP contribution is 1.94. The molecule has 0 aliphatic rings. The van der Waals surface area contributed by atoms with Crippen LogP contribution in [0.1, 0.15) is 34.6 Å². The summed E-state index contributed by atoms with van der Waals surface area (Å²) in [5, 5.41) is 16.9. The van der Waals surface area contributed by atoms with Crippen LogP contribution in [0.2, 0.25) is 0 Å². The van der Waals surface area contributed by atoms with E-state index >= 15 is 0 Å². The fourth-order valence-electron chi connectivity index (χ4n) is 0.751.